The first-order chi connectivity index (χ1) is 9.58. The topological polar surface area (TPSA) is 53.1 Å². The standard InChI is InChI=1S/C14H15F2N3O/c1-20-13-3-2-8(4-10(13)16)12-7-19-6-9(15)5-11(17)14(19)18-12/h2-4,7,9,11H,5-6,17H2,1H3. The molecule has 1 aliphatic heterocycles. The third-order valence-corrected chi connectivity index (χ3v) is 3.49. The third kappa shape index (κ3) is 2.16. The van der Waals surface area contributed by atoms with Crippen LogP contribution in [0.4, 0.5) is 8.78 Å². The van der Waals surface area contributed by atoms with E-state index >= 15 is 0 Å². The summed E-state index contributed by atoms with van der Waals surface area (Å²) in [5.41, 5.74) is 7.09. The minimum absolute atomic E-state index is 0.179. The fourth-order valence-corrected chi connectivity index (χ4v) is 2.51. The molecule has 1 aromatic carbocycles. The van der Waals surface area contributed by atoms with Crippen molar-refractivity contribution in [1.82, 2.24) is 9.55 Å². The molecular formula is C14H15F2N3O. The van der Waals surface area contributed by atoms with Gasteiger partial charge in [-0.1, -0.05) is 0 Å². The lowest BCUT2D eigenvalue weighted by molar-refractivity contribution is 0.230. The number of benzene rings is 1. The van der Waals surface area contributed by atoms with Crippen LogP contribution in [0, 0.1) is 5.82 Å². The molecule has 106 valence electrons. The van der Waals surface area contributed by atoms with Gasteiger partial charge in [-0.05, 0) is 18.2 Å². The van der Waals surface area contributed by atoms with Gasteiger partial charge in [0.15, 0.2) is 11.6 Å². The van der Waals surface area contributed by atoms with Crippen molar-refractivity contribution in [3.63, 3.8) is 0 Å². The molecule has 2 N–H and O–H groups in total. The lowest BCUT2D eigenvalue weighted by Crippen LogP contribution is -2.29. The second kappa shape index (κ2) is 4.86. The Kier molecular flexibility index (Phi) is 3.17. The molecule has 2 atom stereocenters. The number of hydrogen-bond acceptors (Lipinski definition) is 3. The smallest absolute Gasteiger partial charge is 0.165 e. The van der Waals surface area contributed by atoms with Crippen LogP contribution in [0.1, 0.15) is 18.3 Å². The van der Waals surface area contributed by atoms with Gasteiger partial charge >= 0.3 is 0 Å². The number of imidazole rings is 1. The summed E-state index contributed by atoms with van der Waals surface area (Å²) in [7, 11) is 1.41. The summed E-state index contributed by atoms with van der Waals surface area (Å²) in [4.78, 5) is 4.40. The molecule has 4 nitrogen and oxygen atoms in total. The summed E-state index contributed by atoms with van der Waals surface area (Å²) in [5.74, 6) is 0.368. The van der Waals surface area contributed by atoms with Crippen molar-refractivity contribution in [2.24, 2.45) is 5.73 Å². The fourth-order valence-electron chi connectivity index (χ4n) is 2.51. The predicted octanol–water partition coefficient (Wildman–Crippen LogP) is 2.44. The second-order valence-electron chi connectivity index (χ2n) is 4.93. The highest BCUT2D eigenvalue weighted by molar-refractivity contribution is 5.60. The van der Waals surface area contributed by atoms with Gasteiger partial charge in [0.2, 0.25) is 0 Å². The average Bonchev–Trinajstić information content (AvgIpc) is 2.82. The van der Waals surface area contributed by atoms with Crippen LogP contribution in [0.5, 0.6) is 5.75 Å². The van der Waals surface area contributed by atoms with Gasteiger partial charge in [-0.15, -0.1) is 0 Å². The average molecular weight is 279 g/mol. The highest BCUT2D eigenvalue weighted by atomic mass is 19.1. The summed E-state index contributed by atoms with van der Waals surface area (Å²) in [6.45, 7) is 0.245. The van der Waals surface area contributed by atoms with Crippen molar-refractivity contribution in [2.75, 3.05) is 7.11 Å². The lowest BCUT2D eigenvalue weighted by atomic mass is 10.1. The Morgan fingerprint density at radius 2 is 2.25 bits per heavy atom. The van der Waals surface area contributed by atoms with Crippen LogP contribution in [-0.4, -0.2) is 22.8 Å². The Balaban J connectivity index is 1.99. The largest absolute Gasteiger partial charge is 0.494 e. The van der Waals surface area contributed by atoms with Gasteiger partial charge in [-0.2, -0.15) is 0 Å². The zero-order chi connectivity index (χ0) is 14.3. The summed E-state index contributed by atoms with van der Waals surface area (Å²) in [5, 5.41) is 0. The van der Waals surface area contributed by atoms with E-state index in [1.54, 1.807) is 22.9 Å². The molecule has 0 spiro atoms. The summed E-state index contributed by atoms with van der Waals surface area (Å²) < 4.78 is 33.8. The molecule has 2 unspecified atom stereocenters. The van der Waals surface area contributed by atoms with Crippen molar-refractivity contribution in [3.05, 3.63) is 36.0 Å². The Labute approximate surface area is 115 Å². The number of alkyl halides is 1. The molecule has 0 aliphatic carbocycles. The molecule has 0 bridgehead atoms. The number of methoxy groups -OCH3 is 1. The maximum Gasteiger partial charge on any atom is 0.165 e. The lowest BCUT2D eigenvalue weighted by Gasteiger charge is -2.22. The van der Waals surface area contributed by atoms with Gasteiger partial charge in [0.05, 0.1) is 25.4 Å². The molecule has 0 radical (unpaired) electrons. The summed E-state index contributed by atoms with van der Waals surface area (Å²) in [6.07, 6.45) is 1.02. The quantitative estimate of drug-likeness (QED) is 0.918. The van der Waals surface area contributed by atoms with Crippen molar-refractivity contribution in [3.8, 4) is 17.0 Å². The van der Waals surface area contributed by atoms with Crippen molar-refractivity contribution in [1.29, 1.82) is 0 Å². The monoisotopic (exact) mass is 279 g/mol. The summed E-state index contributed by atoms with van der Waals surface area (Å²) >= 11 is 0. The van der Waals surface area contributed by atoms with Crippen molar-refractivity contribution >= 4 is 0 Å². The summed E-state index contributed by atoms with van der Waals surface area (Å²) in [6, 6.07) is 4.19. The Bertz CT molecular complexity index is 641. The maximum absolute atomic E-state index is 13.7. The predicted molar refractivity (Wildman–Crippen MR) is 70.6 cm³/mol. The van der Waals surface area contributed by atoms with Crippen LogP contribution in [0.25, 0.3) is 11.3 Å². The van der Waals surface area contributed by atoms with Gasteiger partial charge in [0.1, 0.15) is 12.0 Å². The molecule has 2 aromatic rings. The van der Waals surface area contributed by atoms with E-state index in [1.165, 1.54) is 13.2 Å². The Hall–Kier alpha value is -1.95. The zero-order valence-corrected chi connectivity index (χ0v) is 11.0. The van der Waals surface area contributed by atoms with Crippen LogP contribution >= 0.6 is 0 Å². The molecule has 3 rings (SSSR count). The molecule has 20 heavy (non-hydrogen) atoms. The van der Waals surface area contributed by atoms with Crippen LogP contribution in [0.3, 0.4) is 0 Å². The molecule has 0 saturated heterocycles. The van der Waals surface area contributed by atoms with E-state index in [2.05, 4.69) is 4.98 Å². The van der Waals surface area contributed by atoms with E-state index < -0.39 is 18.0 Å². The van der Waals surface area contributed by atoms with E-state index in [1.807, 2.05) is 0 Å². The van der Waals surface area contributed by atoms with Crippen LogP contribution in [0.15, 0.2) is 24.4 Å². The number of ether oxygens (including phenoxy) is 1. The van der Waals surface area contributed by atoms with Crippen LogP contribution < -0.4 is 10.5 Å². The minimum atomic E-state index is -0.966. The number of fused-ring (bicyclic) bond motifs is 1. The normalized spacial score (nSPS) is 21.6. The van der Waals surface area contributed by atoms with E-state index in [0.717, 1.165) is 0 Å². The number of rotatable bonds is 2. The van der Waals surface area contributed by atoms with Crippen LogP contribution in [-0.2, 0) is 6.54 Å². The molecule has 0 amide bonds. The van der Waals surface area contributed by atoms with Crippen molar-refractivity contribution in [2.45, 2.75) is 25.2 Å². The van der Waals surface area contributed by atoms with E-state index in [4.69, 9.17) is 10.5 Å². The third-order valence-electron chi connectivity index (χ3n) is 3.49. The molecule has 1 aromatic heterocycles. The maximum atomic E-state index is 13.7. The number of nitrogens with zero attached hydrogens (tertiary/aromatic N) is 2. The molecule has 2 heterocycles. The molecule has 1 aliphatic rings. The molecule has 6 heteroatoms. The minimum Gasteiger partial charge on any atom is -0.494 e. The van der Waals surface area contributed by atoms with Gasteiger partial charge in [0, 0.05) is 18.2 Å². The Morgan fingerprint density at radius 1 is 1.45 bits per heavy atom. The first kappa shape index (κ1) is 13.1. The van der Waals surface area contributed by atoms with Crippen molar-refractivity contribution < 1.29 is 13.5 Å². The first-order valence-corrected chi connectivity index (χ1v) is 6.39. The number of halogens is 2. The zero-order valence-electron chi connectivity index (χ0n) is 11.0. The van der Waals surface area contributed by atoms with E-state index in [9.17, 15) is 8.78 Å². The SMILES string of the molecule is COc1ccc(-c2cn3c(n2)C(N)CC(F)C3)cc1F. The van der Waals surface area contributed by atoms with Gasteiger partial charge in [-0.25, -0.2) is 13.8 Å². The number of hydrogen-bond donors (Lipinski definition) is 1. The van der Waals surface area contributed by atoms with Crippen LogP contribution in [0.2, 0.25) is 0 Å². The number of nitrogens with two attached hydrogens (primary N) is 1. The second-order valence-corrected chi connectivity index (χ2v) is 4.93. The first-order valence-electron chi connectivity index (χ1n) is 6.39. The Morgan fingerprint density at radius 3 is 2.95 bits per heavy atom. The highest BCUT2D eigenvalue weighted by Crippen LogP contribution is 2.30. The van der Waals surface area contributed by atoms with E-state index in [-0.39, 0.29) is 18.7 Å². The van der Waals surface area contributed by atoms with Gasteiger partial charge < -0.3 is 15.0 Å². The molecule has 0 fully saturated rings. The number of aromatic nitrogens is 2. The van der Waals surface area contributed by atoms with Gasteiger partial charge in [0.25, 0.3) is 0 Å². The highest BCUT2D eigenvalue weighted by Gasteiger charge is 2.26. The van der Waals surface area contributed by atoms with Gasteiger partial charge in [-0.3, -0.25) is 0 Å². The molecular weight excluding hydrogens is 264 g/mol. The fraction of sp³-hybridized carbons (Fsp3) is 0.357. The van der Waals surface area contributed by atoms with E-state index in [0.29, 0.717) is 17.1 Å². The molecule has 0 saturated carbocycles.